The van der Waals surface area contributed by atoms with Gasteiger partial charge in [0.1, 0.15) is 0 Å². The molecule has 1 atom stereocenters. The molecular formula is C22H29N3OS. The first kappa shape index (κ1) is 19.8. The minimum absolute atomic E-state index is 0.171. The van der Waals surface area contributed by atoms with Gasteiger partial charge in [-0.2, -0.15) is 0 Å². The lowest BCUT2D eigenvalue weighted by molar-refractivity contribution is -0.119. The number of carbonyl (C=O) groups is 1. The molecule has 5 heteroatoms. The third-order valence-electron chi connectivity index (χ3n) is 4.85. The summed E-state index contributed by atoms with van der Waals surface area (Å²) in [5, 5.41) is 0.525. The molecule has 0 aliphatic carbocycles. The van der Waals surface area contributed by atoms with E-state index in [-0.39, 0.29) is 5.91 Å². The maximum absolute atomic E-state index is 13.0. The smallest absolute Gasteiger partial charge is 0.241 e. The second-order valence-corrected chi connectivity index (χ2v) is 8.94. The van der Waals surface area contributed by atoms with Crippen molar-refractivity contribution >= 4 is 29.0 Å². The standard InChI is InChI=1S/C22H29N3OS/c1-17-13-14-25(20-7-5-6-8-21(20)27-17)22(26)16-24(4)15-18-9-11-19(12-10-18)23(2)3/h5-12,17H,13-16H2,1-4H3. The molecule has 0 aromatic heterocycles. The van der Waals surface area contributed by atoms with Crippen LogP contribution in [0.3, 0.4) is 0 Å². The Morgan fingerprint density at radius 1 is 1.11 bits per heavy atom. The Bertz CT molecular complexity index is 775. The van der Waals surface area contributed by atoms with Crippen LogP contribution in [0.2, 0.25) is 0 Å². The minimum Gasteiger partial charge on any atom is -0.378 e. The molecule has 0 saturated carbocycles. The Balaban J connectivity index is 1.66. The van der Waals surface area contributed by atoms with Crippen molar-refractivity contribution in [2.24, 2.45) is 0 Å². The number of benzene rings is 2. The first-order chi connectivity index (χ1) is 12.9. The molecule has 27 heavy (non-hydrogen) atoms. The molecule has 0 N–H and O–H groups in total. The van der Waals surface area contributed by atoms with Crippen molar-refractivity contribution in [2.75, 3.05) is 44.0 Å². The fraction of sp³-hybridized carbons (Fsp3) is 0.409. The lowest BCUT2D eigenvalue weighted by Gasteiger charge is -2.25. The molecule has 1 amide bonds. The number of amides is 1. The van der Waals surface area contributed by atoms with E-state index in [0.717, 1.165) is 25.2 Å². The molecule has 2 aromatic rings. The van der Waals surface area contributed by atoms with Gasteiger partial charge in [0.25, 0.3) is 0 Å². The number of rotatable bonds is 5. The average Bonchev–Trinajstić information content (AvgIpc) is 2.80. The number of carbonyl (C=O) groups excluding carboxylic acids is 1. The summed E-state index contributed by atoms with van der Waals surface area (Å²) in [6.45, 7) is 4.21. The van der Waals surface area contributed by atoms with E-state index in [9.17, 15) is 4.79 Å². The van der Waals surface area contributed by atoms with Crippen molar-refractivity contribution in [1.82, 2.24) is 4.90 Å². The Kier molecular flexibility index (Phi) is 6.45. The number of likely N-dealkylation sites (N-methyl/N-ethyl adjacent to an activating group) is 1. The van der Waals surface area contributed by atoms with Crippen molar-refractivity contribution < 1.29 is 4.79 Å². The van der Waals surface area contributed by atoms with Crippen LogP contribution in [0.25, 0.3) is 0 Å². The third kappa shape index (κ3) is 5.05. The van der Waals surface area contributed by atoms with E-state index in [1.165, 1.54) is 16.1 Å². The monoisotopic (exact) mass is 383 g/mol. The number of thioether (sulfide) groups is 1. The van der Waals surface area contributed by atoms with E-state index in [1.807, 2.05) is 43.9 Å². The van der Waals surface area contributed by atoms with E-state index in [1.54, 1.807) is 0 Å². The number of para-hydroxylation sites is 1. The van der Waals surface area contributed by atoms with Crippen LogP contribution in [-0.4, -0.2) is 50.3 Å². The highest BCUT2D eigenvalue weighted by molar-refractivity contribution is 8.00. The summed E-state index contributed by atoms with van der Waals surface area (Å²) in [5.41, 5.74) is 3.46. The van der Waals surface area contributed by atoms with Gasteiger partial charge in [0.05, 0.1) is 12.2 Å². The number of nitrogens with zero attached hydrogens (tertiary/aromatic N) is 3. The van der Waals surface area contributed by atoms with Gasteiger partial charge in [-0.15, -0.1) is 11.8 Å². The van der Waals surface area contributed by atoms with Crippen LogP contribution < -0.4 is 9.80 Å². The van der Waals surface area contributed by atoms with Crippen molar-refractivity contribution in [1.29, 1.82) is 0 Å². The summed E-state index contributed by atoms with van der Waals surface area (Å²) in [5.74, 6) is 0.171. The zero-order valence-electron chi connectivity index (χ0n) is 16.7. The van der Waals surface area contributed by atoms with Gasteiger partial charge in [-0.1, -0.05) is 31.2 Å². The van der Waals surface area contributed by atoms with E-state index in [0.29, 0.717) is 11.8 Å². The van der Waals surface area contributed by atoms with Crippen LogP contribution in [0.1, 0.15) is 18.9 Å². The molecule has 1 aliphatic heterocycles. The summed E-state index contributed by atoms with van der Waals surface area (Å²) in [6.07, 6.45) is 1.01. The Hall–Kier alpha value is -1.98. The van der Waals surface area contributed by atoms with Gasteiger partial charge in [0.15, 0.2) is 0 Å². The highest BCUT2D eigenvalue weighted by atomic mass is 32.2. The molecule has 2 aromatic carbocycles. The zero-order chi connectivity index (χ0) is 19.4. The summed E-state index contributed by atoms with van der Waals surface area (Å²) in [7, 11) is 6.09. The number of fused-ring (bicyclic) bond motifs is 1. The van der Waals surface area contributed by atoms with Crippen LogP contribution in [0, 0.1) is 0 Å². The summed E-state index contributed by atoms with van der Waals surface area (Å²) in [4.78, 5) is 20.4. The van der Waals surface area contributed by atoms with Crippen LogP contribution in [0.4, 0.5) is 11.4 Å². The van der Waals surface area contributed by atoms with E-state index in [4.69, 9.17) is 0 Å². The first-order valence-electron chi connectivity index (χ1n) is 9.45. The SMILES string of the molecule is CC1CCN(C(=O)CN(C)Cc2ccc(N(C)C)cc2)c2ccccc2S1. The first-order valence-corrected chi connectivity index (χ1v) is 10.3. The molecule has 0 saturated heterocycles. The molecule has 0 fully saturated rings. The lowest BCUT2D eigenvalue weighted by atomic mass is 10.2. The Labute approximate surface area is 167 Å². The zero-order valence-corrected chi connectivity index (χ0v) is 17.5. The van der Waals surface area contributed by atoms with Gasteiger partial charge >= 0.3 is 0 Å². The number of anilines is 2. The predicted octanol–water partition coefficient (Wildman–Crippen LogP) is 4.10. The lowest BCUT2D eigenvalue weighted by Crippen LogP contribution is -2.39. The molecule has 1 unspecified atom stereocenters. The highest BCUT2D eigenvalue weighted by Crippen LogP contribution is 2.37. The molecule has 144 valence electrons. The molecule has 0 spiro atoms. The summed E-state index contributed by atoms with van der Waals surface area (Å²) in [6, 6.07) is 16.8. The van der Waals surface area contributed by atoms with E-state index >= 15 is 0 Å². The summed E-state index contributed by atoms with van der Waals surface area (Å²) < 4.78 is 0. The van der Waals surface area contributed by atoms with Gasteiger partial charge in [-0.25, -0.2) is 0 Å². The fourth-order valence-corrected chi connectivity index (χ4v) is 4.44. The molecule has 0 bridgehead atoms. The van der Waals surface area contributed by atoms with E-state index in [2.05, 4.69) is 59.2 Å². The maximum atomic E-state index is 13.0. The van der Waals surface area contributed by atoms with E-state index < -0.39 is 0 Å². The number of hydrogen-bond donors (Lipinski definition) is 0. The Morgan fingerprint density at radius 2 is 1.81 bits per heavy atom. The maximum Gasteiger partial charge on any atom is 0.241 e. The average molecular weight is 384 g/mol. The van der Waals surface area contributed by atoms with Crippen LogP contribution in [-0.2, 0) is 11.3 Å². The second-order valence-electron chi connectivity index (χ2n) is 7.46. The highest BCUT2D eigenvalue weighted by Gasteiger charge is 2.24. The van der Waals surface area contributed by atoms with Crippen LogP contribution >= 0.6 is 11.8 Å². The molecule has 1 heterocycles. The van der Waals surface area contributed by atoms with Crippen LogP contribution in [0.5, 0.6) is 0 Å². The molecule has 0 radical (unpaired) electrons. The van der Waals surface area contributed by atoms with Crippen LogP contribution in [0.15, 0.2) is 53.4 Å². The normalized spacial score (nSPS) is 16.8. The molecule has 4 nitrogen and oxygen atoms in total. The van der Waals surface area contributed by atoms with Gasteiger partial charge in [-0.05, 0) is 43.3 Å². The van der Waals surface area contributed by atoms with Gasteiger partial charge < -0.3 is 9.80 Å². The topological polar surface area (TPSA) is 26.8 Å². The minimum atomic E-state index is 0.171. The van der Waals surface area contributed by atoms with Crippen molar-refractivity contribution in [3.05, 3.63) is 54.1 Å². The molecular weight excluding hydrogens is 354 g/mol. The predicted molar refractivity (Wildman–Crippen MR) is 116 cm³/mol. The largest absolute Gasteiger partial charge is 0.378 e. The molecule has 3 rings (SSSR count). The quantitative estimate of drug-likeness (QED) is 0.777. The second kappa shape index (κ2) is 8.81. The summed E-state index contributed by atoms with van der Waals surface area (Å²) >= 11 is 1.87. The molecule has 1 aliphatic rings. The van der Waals surface area contributed by atoms with Gasteiger partial charge in [-0.3, -0.25) is 9.69 Å². The van der Waals surface area contributed by atoms with Crippen molar-refractivity contribution in [3.63, 3.8) is 0 Å². The van der Waals surface area contributed by atoms with Crippen molar-refractivity contribution in [2.45, 2.75) is 30.0 Å². The van der Waals surface area contributed by atoms with Gasteiger partial charge in [0, 0.05) is 43.0 Å². The fourth-order valence-electron chi connectivity index (χ4n) is 3.33. The van der Waals surface area contributed by atoms with Crippen molar-refractivity contribution in [3.8, 4) is 0 Å². The Morgan fingerprint density at radius 3 is 2.52 bits per heavy atom. The third-order valence-corrected chi connectivity index (χ3v) is 6.09. The van der Waals surface area contributed by atoms with Gasteiger partial charge in [0.2, 0.25) is 5.91 Å². The number of hydrogen-bond acceptors (Lipinski definition) is 4.